The Labute approximate surface area is 102 Å². The molecule has 0 saturated carbocycles. The van der Waals surface area contributed by atoms with Crippen molar-refractivity contribution in [1.29, 1.82) is 0 Å². The minimum absolute atomic E-state index is 0.0324. The van der Waals surface area contributed by atoms with Crippen molar-refractivity contribution in [3.05, 3.63) is 0 Å². The number of nitrogens with one attached hydrogen (secondary N) is 1. The topological polar surface area (TPSA) is 69.6 Å². The molecule has 0 radical (unpaired) electrons. The van der Waals surface area contributed by atoms with E-state index in [1.54, 1.807) is 0 Å². The summed E-state index contributed by atoms with van der Waals surface area (Å²) >= 11 is 1.54. The van der Waals surface area contributed by atoms with Gasteiger partial charge in [-0.2, -0.15) is 0 Å². The quantitative estimate of drug-likeness (QED) is 0.650. The minimum Gasteiger partial charge on any atom is -0.394 e. The number of amides is 1. The maximum absolute atomic E-state index is 11.6. The van der Waals surface area contributed by atoms with Crippen molar-refractivity contribution in [2.45, 2.75) is 44.4 Å². The first-order valence-electron chi connectivity index (χ1n) is 5.45. The van der Waals surface area contributed by atoms with Crippen molar-refractivity contribution in [3.63, 3.8) is 0 Å². The van der Waals surface area contributed by atoms with E-state index in [4.69, 9.17) is 0 Å². The van der Waals surface area contributed by atoms with Crippen LogP contribution in [0.3, 0.4) is 0 Å². The summed E-state index contributed by atoms with van der Waals surface area (Å²) < 4.78 is 0.0324. The molecule has 0 aliphatic carbocycles. The maximum Gasteiger partial charge on any atom is 0.230 e. The molecule has 0 heterocycles. The third-order valence-corrected chi connectivity index (χ3v) is 3.60. The van der Waals surface area contributed by atoms with Gasteiger partial charge in [-0.1, -0.05) is 27.7 Å². The van der Waals surface area contributed by atoms with Crippen LogP contribution in [0.15, 0.2) is 0 Å². The Morgan fingerprint density at radius 3 is 2.06 bits per heavy atom. The Kier molecular flexibility index (Phi) is 6.36. The number of thioether (sulfide) groups is 1. The SMILES string of the molecule is CCC(CO)(CO)NC(=O)CSC(C)(C)C. The average molecular weight is 249 g/mol. The summed E-state index contributed by atoms with van der Waals surface area (Å²) in [6, 6.07) is 0. The predicted molar refractivity (Wildman–Crippen MR) is 67.5 cm³/mol. The molecule has 1 amide bonds. The Morgan fingerprint density at radius 1 is 1.25 bits per heavy atom. The van der Waals surface area contributed by atoms with E-state index in [2.05, 4.69) is 5.32 Å². The smallest absolute Gasteiger partial charge is 0.230 e. The fourth-order valence-electron chi connectivity index (χ4n) is 1.05. The molecule has 0 unspecified atom stereocenters. The zero-order chi connectivity index (χ0) is 12.8. The van der Waals surface area contributed by atoms with Crippen LogP contribution in [0, 0.1) is 0 Å². The average Bonchev–Trinajstić information content (AvgIpc) is 2.22. The molecule has 0 aromatic carbocycles. The Balaban J connectivity index is 4.21. The van der Waals surface area contributed by atoms with Gasteiger partial charge in [-0.3, -0.25) is 4.79 Å². The molecule has 5 heteroatoms. The molecule has 0 aromatic heterocycles. The number of hydrogen-bond donors (Lipinski definition) is 3. The van der Waals surface area contributed by atoms with Crippen LogP contribution < -0.4 is 5.32 Å². The van der Waals surface area contributed by atoms with E-state index in [1.165, 1.54) is 11.8 Å². The standard InChI is InChI=1S/C11H23NO3S/c1-5-11(7-13,8-14)12-9(15)6-16-10(2,3)4/h13-14H,5-8H2,1-4H3,(H,12,15). The highest BCUT2D eigenvalue weighted by atomic mass is 32.2. The summed E-state index contributed by atoms with van der Waals surface area (Å²) in [6.07, 6.45) is 0.506. The van der Waals surface area contributed by atoms with Gasteiger partial charge in [0.25, 0.3) is 0 Å². The lowest BCUT2D eigenvalue weighted by molar-refractivity contribution is -0.121. The van der Waals surface area contributed by atoms with Gasteiger partial charge in [0.2, 0.25) is 5.91 Å². The van der Waals surface area contributed by atoms with E-state index in [-0.39, 0.29) is 23.9 Å². The third-order valence-electron chi connectivity index (χ3n) is 2.32. The fraction of sp³-hybridized carbons (Fsp3) is 0.909. The Bertz CT molecular complexity index is 213. The van der Waals surface area contributed by atoms with Gasteiger partial charge >= 0.3 is 0 Å². The van der Waals surface area contributed by atoms with Crippen molar-refractivity contribution >= 4 is 17.7 Å². The molecule has 0 aliphatic heterocycles. The van der Waals surface area contributed by atoms with Gasteiger partial charge < -0.3 is 15.5 Å². The van der Waals surface area contributed by atoms with Crippen LogP contribution in [-0.4, -0.2) is 45.4 Å². The molecule has 0 bridgehead atoms. The van der Waals surface area contributed by atoms with E-state index in [0.717, 1.165) is 0 Å². The highest BCUT2D eigenvalue weighted by Crippen LogP contribution is 2.22. The van der Waals surface area contributed by atoms with Crippen LogP contribution in [0.2, 0.25) is 0 Å². The lowest BCUT2D eigenvalue weighted by Crippen LogP contribution is -2.54. The minimum atomic E-state index is -0.879. The molecule has 0 fully saturated rings. The van der Waals surface area contributed by atoms with Gasteiger partial charge in [0.15, 0.2) is 0 Å². The van der Waals surface area contributed by atoms with Crippen LogP contribution in [-0.2, 0) is 4.79 Å². The zero-order valence-corrected chi connectivity index (χ0v) is 11.4. The highest BCUT2D eigenvalue weighted by molar-refractivity contribution is 8.01. The van der Waals surface area contributed by atoms with Crippen LogP contribution in [0.25, 0.3) is 0 Å². The van der Waals surface area contributed by atoms with Crippen LogP contribution in [0.5, 0.6) is 0 Å². The molecular formula is C11H23NO3S. The van der Waals surface area contributed by atoms with Crippen molar-refractivity contribution in [3.8, 4) is 0 Å². The van der Waals surface area contributed by atoms with Crippen molar-refractivity contribution in [2.24, 2.45) is 0 Å². The molecule has 0 saturated heterocycles. The summed E-state index contributed by atoms with van der Waals surface area (Å²) in [6.45, 7) is 7.45. The Morgan fingerprint density at radius 2 is 1.75 bits per heavy atom. The molecule has 0 aliphatic rings. The zero-order valence-electron chi connectivity index (χ0n) is 10.5. The number of rotatable bonds is 6. The van der Waals surface area contributed by atoms with Gasteiger partial charge in [-0.25, -0.2) is 0 Å². The Hall–Kier alpha value is -0.260. The molecule has 4 nitrogen and oxygen atoms in total. The van der Waals surface area contributed by atoms with Gasteiger partial charge in [-0.05, 0) is 6.42 Å². The highest BCUT2D eigenvalue weighted by Gasteiger charge is 2.28. The van der Waals surface area contributed by atoms with Gasteiger partial charge in [0.05, 0.1) is 24.5 Å². The summed E-state index contributed by atoms with van der Waals surface area (Å²) in [5, 5.41) is 21.0. The first-order chi connectivity index (χ1) is 7.28. The normalized spacial score (nSPS) is 12.6. The maximum atomic E-state index is 11.6. The second-order valence-corrected chi connectivity index (χ2v) is 6.70. The van der Waals surface area contributed by atoms with Crippen molar-refractivity contribution in [1.82, 2.24) is 5.32 Å². The number of carbonyl (C=O) groups is 1. The monoisotopic (exact) mass is 249 g/mol. The molecule has 3 N–H and O–H groups in total. The van der Waals surface area contributed by atoms with Crippen LogP contribution in [0.4, 0.5) is 0 Å². The molecule has 16 heavy (non-hydrogen) atoms. The fourth-order valence-corrected chi connectivity index (χ4v) is 1.69. The molecule has 96 valence electrons. The number of hydrogen-bond acceptors (Lipinski definition) is 4. The number of carbonyl (C=O) groups excluding carboxylic acids is 1. The van der Waals surface area contributed by atoms with Crippen molar-refractivity contribution < 1.29 is 15.0 Å². The van der Waals surface area contributed by atoms with E-state index in [1.807, 2.05) is 27.7 Å². The summed E-state index contributed by atoms with van der Waals surface area (Å²) in [7, 11) is 0. The summed E-state index contributed by atoms with van der Waals surface area (Å²) in [5.41, 5.74) is -0.879. The second kappa shape index (κ2) is 6.47. The van der Waals surface area contributed by atoms with Crippen molar-refractivity contribution in [2.75, 3.05) is 19.0 Å². The third kappa shape index (κ3) is 5.72. The van der Waals surface area contributed by atoms with Crippen LogP contribution >= 0.6 is 11.8 Å². The van der Waals surface area contributed by atoms with Gasteiger partial charge in [0, 0.05) is 4.75 Å². The molecule has 0 aromatic rings. The summed E-state index contributed by atoms with van der Waals surface area (Å²) in [5.74, 6) is 0.190. The number of aliphatic hydroxyl groups is 2. The van der Waals surface area contributed by atoms with E-state index < -0.39 is 5.54 Å². The molecule has 0 rings (SSSR count). The first-order valence-corrected chi connectivity index (χ1v) is 6.44. The summed E-state index contributed by atoms with van der Waals surface area (Å²) in [4.78, 5) is 11.6. The molecule has 0 spiro atoms. The van der Waals surface area contributed by atoms with E-state index in [0.29, 0.717) is 12.2 Å². The lowest BCUT2D eigenvalue weighted by atomic mass is 9.99. The van der Waals surface area contributed by atoms with E-state index >= 15 is 0 Å². The van der Waals surface area contributed by atoms with Crippen LogP contribution in [0.1, 0.15) is 34.1 Å². The number of aliphatic hydroxyl groups excluding tert-OH is 2. The molecule has 0 atom stereocenters. The molecular weight excluding hydrogens is 226 g/mol. The van der Waals surface area contributed by atoms with Gasteiger partial charge in [-0.15, -0.1) is 11.8 Å². The largest absolute Gasteiger partial charge is 0.394 e. The lowest BCUT2D eigenvalue weighted by Gasteiger charge is -2.30. The second-order valence-electron chi connectivity index (χ2n) is 4.90. The van der Waals surface area contributed by atoms with E-state index in [9.17, 15) is 15.0 Å². The van der Waals surface area contributed by atoms with Gasteiger partial charge in [0.1, 0.15) is 0 Å². The first kappa shape index (κ1) is 15.7. The predicted octanol–water partition coefficient (Wildman–Crippen LogP) is 0.768.